The number of fused-ring (bicyclic) bond motifs is 1. The molecule has 7 rings (SSSR count). The Morgan fingerprint density at radius 3 is 1.95 bits per heavy atom. The molecule has 6 aromatic rings. The molecule has 0 radical (unpaired) electrons. The van der Waals surface area contributed by atoms with Gasteiger partial charge in [0.25, 0.3) is 14.4 Å². The molecular weight excluding hydrogens is 768 g/mol. The van der Waals surface area contributed by atoms with Crippen molar-refractivity contribution in [2.75, 3.05) is 33.3 Å². The Balaban J connectivity index is 1.27. The minimum atomic E-state index is -1.50. The summed E-state index contributed by atoms with van der Waals surface area (Å²) in [6, 6.07) is 35.3. The van der Waals surface area contributed by atoms with Crippen LogP contribution in [0.3, 0.4) is 0 Å². The van der Waals surface area contributed by atoms with Gasteiger partial charge in [0.2, 0.25) is 0 Å². The van der Waals surface area contributed by atoms with Crippen LogP contribution >= 0.6 is 8.53 Å². The number of carbonyl (C=O) groups is 1. The van der Waals surface area contributed by atoms with Crippen molar-refractivity contribution < 1.29 is 32.8 Å². The van der Waals surface area contributed by atoms with E-state index in [1.54, 1.807) is 39.8 Å². The Bertz CT molecular complexity index is 2220. The number of ether oxygens (including phenoxy) is 4. The fraction of sp³-hybridized carbons (Fsp3) is 0.333. The largest absolute Gasteiger partial charge is 0.497 e. The van der Waals surface area contributed by atoms with Crippen LogP contribution < -0.4 is 14.8 Å². The van der Waals surface area contributed by atoms with Crippen LogP contribution in [0.5, 0.6) is 11.5 Å². The molecule has 0 aliphatic carbocycles. The number of hydrogen-bond acceptors (Lipinski definition) is 11. The molecule has 1 N–H and O–H groups in total. The summed E-state index contributed by atoms with van der Waals surface area (Å²) in [6.45, 7) is 8.67. The second-order valence-electron chi connectivity index (χ2n) is 14.7. The Labute approximate surface area is 346 Å². The van der Waals surface area contributed by atoms with Crippen LogP contribution in [-0.2, 0) is 24.1 Å². The number of benzene rings is 4. The molecule has 308 valence electrons. The number of methoxy groups -OCH3 is 2. The van der Waals surface area contributed by atoms with E-state index < -0.39 is 32.6 Å². The van der Waals surface area contributed by atoms with E-state index in [9.17, 15) is 4.79 Å². The van der Waals surface area contributed by atoms with E-state index >= 15 is 0 Å². The summed E-state index contributed by atoms with van der Waals surface area (Å²) in [5.41, 5.74) is 3.08. The second-order valence-corrected chi connectivity index (χ2v) is 16.2. The van der Waals surface area contributed by atoms with Crippen LogP contribution in [0.25, 0.3) is 11.2 Å². The van der Waals surface area contributed by atoms with Gasteiger partial charge in [-0.05, 0) is 80.8 Å². The average Bonchev–Trinajstić information content (AvgIpc) is 3.89. The molecule has 4 aromatic carbocycles. The lowest BCUT2D eigenvalue weighted by molar-refractivity contribution is -0.0910. The number of amides is 1. The topological polar surface area (TPSA) is 131 Å². The van der Waals surface area contributed by atoms with Crippen molar-refractivity contribution in [3.63, 3.8) is 0 Å². The lowest BCUT2D eigenvalue weighted by Crippen LogP contribution is -2.39. The van der Waals surface area contributed by atoms with Gasteiger partial charge in [-0.2, -0.15) is 0 Å². The van der Waals surface area contributed by atoms with Crippen LogP contribution in [0.15, 0.2) is 122 Å². The summed E-state index contributed by atoms with van der Waals surface area (Å²) >= 11 is 0. The molecule has 1 saturated heterocycles. The van der Waals surface area contributed by atoms with Gasteiger partial charge in [0.15, 0.2) is 17.0 Å². The van der Waals surface area contributed by atoms with Crippen molar-refractivity contribution in [3.8, 4) is 11.5 Å². The maximum atomic E-state index is 13.1. The lowest BCUT2D eigenvalue weighted by atomic mass is 9.80. The molecular formula is C45H51N6O7P. The first-order chi connectivity index (χ1) is 28.7. The maximum absolute atomic E-state index is 13.1. The third kappa shape index (κ3) is 8.86. The number of hydrogen-bond donors (Lipinski definition) is 1. The third-order valence-electron chi connectivity index (χ3n) is 10.4. The molecule has 0 saturated carbocycles. The predicted molar refractivity (Wildman–Crippen MR) is 227 cm³/mol. The minimum absolute atomic E-state index is 0.129. The summed E-state index contributed by atoms with van der Waals surface area (Å²) in [5.74, 6) is 1.46. The fourth-order valence-corrected chi connectivity index (χ4v) is 9.21. The Kier molecular flexibility index (Phi) is 13.3. The van der Waals surface area contributed by atoms with E-state index in [1.807, 2.05) is 89.5 Å². The number of carbonyl (C=O) groups excluding carboxylic acids is 1. The molecule has 4 atom stereocenters. The summed E-state index contributed by atoms with van der Waals surface area (Å²) in [4.78, 5) is 26.8. The summed E-state index contributed by atoms with van der Waals surface area (Å²) < 4.78 is 42.6. The van der Waals surface area contributed by atoms with Gasteiger partial charge >= 0.3 is 0 Å². The Morgan fingerprint density at radius 2 is 1.39 bits per heavy atom. The van der Waals surface area contributed by atoms with E-state index in [0.717, 1.165) is 28.2 Å². The average molecular weight is 819 g/mol. The van der Waals surface area contributed by atoms with E-state index in [2.05, 4.69) is 64.8 Å². The lowest BCUT2D eigenvalue weighted by Gasteiger charge is -2.38. The molecule has 1 amide bonds. The van der Waals surface area contributed by atoms with E-state index in [4.69, 9.17) is 28.0 Å². The number of aromatic nitrogens is 4. The molecule has 13 nitrogen and oxygen atoms in total. The molecule has 59 heavy (non-hydrogen) atoms. The zero-order valence-corrected chi connectivity index (χ0v) is 35.3. The first-order valence-electron chi connectivity index (χ1n) is 19.6. The van der Waals surface area contributed by atoms with E-state index in [0.29, 0.717) is 29.0 Å². The van der Waals surface area contributed by atoms with Gasteiger partial charge in [0.1, 0.15) is 35.8 Å². The van der Waals surface area contributed by atoms with Crippen molar-refractivity contribution in [1.82, 2.24) is 24.2 Å². The van der Waals surface area contributed by atoms with Crippen LogP contribution in [0, 0.1) is 0 Å². The van der Waals surface area contributed by atoms with Crippen molar-refractivity contribution in [2.45, 2.75) is 70.2 Å². The van der Waals surface area contributed by atoms with Gasteiger partial charge in [-0.1, -0.05) is 72.8 Å². The minimum Gasteiger partial charge on any atom is -0.497 e. The predicted octanol–water partition coefficient (Wildman–Crippen LogP) is 8.77. The Hall–Kier alpha value is -5.27. The third-order valence-corrected chi connectivity index (χ3v) is 12.4. The molecule has 0 spiro atoms. The number of nitrogens with zero attached hydrogens (tertiary/aromatic N) is 5. The monoisotopic (exact) mass is 818 g/mol. The summed E-state index contributed by atoms with van der Waals surface area (Å²) in [6.07, 6.45) is 1.92. The van der Waals surface area contributed by atoms with Gasteiger partial charge in [-0.15, -0.1) is 0 Å². The van der Waals surface area contributed by atoms with Gasteiger partial charge in [-0.3, -0.25) is 9.36 Å². The summed E-state index contributed by atoms with van der Waals surface area (Å²) in [5, 5.41) is 2.90. The van der Waals surface area contributed by atoms with Crippen LogP contribution in [0.1, 0.15) is 67.4 Å². The molecule has 1 fully saturated rings. The molecule has 3 heterocycles. The van der Waals surface area contributed by atoms with Crippen molar-refractivity contribution >= 4 is 31.4 Å². The number of rotatable bonds is 17. The van der Waals surface area contributed by atoms with Crippen LogP contribution in [0.4, 0.5) is 5.82 Å². The van der Waals surface area contributed by atoms with Crippen molar-refractivity contribution in [2.24, 2.45) is 0 Å². The van der Waals surface area contributed by atoms with Crippen LogP contribution in [-0.4, -0.2) is 82.3 Å². The van der Waals surface area contributed by atoms with E-state index in [-0.39, 0.29) is 24.6 Å². The number of anilines is 1. The quantitative estimate of drug-likeness (QED) is 0.0700. The highest BCUT2D eigenvalue weighted by atomic mass is 31.2. The SMILES string of the molecule is COc1ccc(C(OC[C@H]2O[C@@H](n3cnc4c(NC(=O)c5ccccc5)ncnc43)C[C@@H]2OP(OC)N(C(C)C)C(C)C)(c2ccccc2)c2ccc(OC)cc2)cc1. The van der Waals surface area contributed by atoms with Gasteiger partial charge in [0, 0.05) is 31.2 Å². The maximum Gasteiger partial charge on any atom is 0.259 e. The molecule has 1 unspecified atom stereocenters. The highest BCUT2D eigenvalue weighted by Crippen LogP contribution is 2.50. The fourth-order valence-electron chi connectivity index (χ4n) is 7.62. The standard InChI is InChI=1S/C45H51N6O7P/c1-30(2)51(31(3)4)59(55-7)58-38-26-40(50-29-48-41-42(46-28-47-43(41)50)49-44(52)32-14-10-8-11-15-32)57-39(38)27-56-45(33-16-12-9-13-17-33,34-18-22-36(53-5)23-19-34)35-20-24-37(54-6)25-21-35/h8-25,28-31,38-40H,26-27H2,1-7H3,(H,46,47,49,52)/t38-,39+,40+,59?/m0/s1. The number of nitrogens with one attached hydrogen (secondary N) is 1. The van der Waals surface area contributed by atoms with Gasteiger partial charge in [-0.25, -0.2) is 19.6 Å². The molecule has 0 bridgehead atoms. The smallest absolute Gasteiger partial charge is 0.259 e. The zero-order chi connectivity index (χ0) is 41.5. The van der Waals surface area contributed by atoms with Gasteiger partial charge < -0.3 is 33.3 Å². The molecule has 1 aliphatic heterocycles. The van der Waals surface area contributed by atoms with E-state index in [1.165, 1.54) is 6.33 Å². The highest BCUT2D eigenvalue weighted by molar-refractivity contribution is 7.44. The molecule has 14 heteroatoms. The van der Waals surface area contributed by atoms with Gasteiger partial charge in [0.05, 0.1) is 33.3 Å². The normalized spacial score (nSPS) is 17.5. The van der Waals surface area contributed by atoms with Crippen LogP contribution in [0.2, 0.25) is 0 Å². The first kappa shape index (κ1) is 41.9. The zero-order valence-electron chi connectivity index (χ0n) is 34.4. The Morgan fingerprint density at radius 1 is 0.814 bits per heavy atom. The summed E-state index contributed by atoms with van der Waals surface area (Å²) in [7, 11) is 3.49. The van der Waals surface area contributed by atoms with Crippen molar-refractivity contribution in [1.29, 1.82) is 0 Å². The van der Waals surface area contributed by atoms with Crippen molar-refractivity contribution in [3.05, 3.63) is 144 Å². The molecule has 1 aliphatic rings. The highest BCUT2D eigenvalue weighted by Gasteiger charge is 2.45. The second kappa shape index (κ2) is 18.8. The number of imidazole rings is 1. The first-order valence-corrected chi connectivity index (χ1v) is 20.8. The molecule has 2 aromatic heterocycles.